The summed E-state index contributed by atoms with van der Waals surface area (Å²) in [6, 6.07) is 0. The molecule has 2 fully saturated rings. The van der Waals surface area contributed by atoms with Crippen LogP contribution in [0.4, 0.5) is 0 Å². The van der Waals surface area contributed by atoms with Crippen molar-refractivity contribution in [1.29, 1.82) is 0 Å². The standard InChI is InChI=1S/C14H24N2O2S/c1-19-11-5-9-16-10-6-12(17)15-14(13(16)18)7-3-2-4-8-14/h2-11H2,1H3,(H,15,17). The van der Waals surface area contributed by atoms with Crippen molar-refractivity contribution in [1.82, 2.24) is 10.2 Å². The maximum Gasteiger partial charge on any atom is 0.248 e. The predicted octanol–water partition coefficient (Wildman–Crippen LogP) is 1.79. The van der Waals surface area contributed by atoms with E-state index in [0.717, 1.165) is 44.4 Å². The van der Waals surface area contributed by atoms with Crippen LogP contribution in [0.1, 0.15) is 44.9 Å². The molecule has 1 heterocycles. The lowest BCUT2D eigenvalue weighted by molar-refractivity contribution is -0.140. The molecule has 1 saturated carbocycles. The van der Waals surface area contributed by atoms with Crippen LogP contribution in [0, 0.1) is 0 Å². The number of rotatable bonds is 4. The summed E-state index contributed by atoms with van der Waals surface area (Å²) >= 11 is 1.80. The van der Waals surface area contributed by atoms with Crippen molar-refractivity contribution in [2.45, 2.75) is 50.5 Å². The van der Waals surface area contributed by atoms with Crippen LogP contribution in [0.15, 0.2) is 0 Å². The van der Waals surface area contributed by atoms with Crippen molar-refractivity contribution >= 4 is 23.6 Å². The molecule has 19 heavy (non-hydrogen) atoms. The van der Waals surface area contributed by atoms with Gasteiger partial charge in [-0.05, 0) is 31.3 Å². The molecule has 0 aromatic rings. The summed E-state index contributed by atoms with van der Waals surface area (Å²) in [6.45, 7) is 1.37. The van der Waals surface area contributed by atoms with Gasteiger partial charge in [0, 0.05) is 19.5 Å². The largest absolute Gasteiger partial charge is 0.342 e. The molecular formula is C14H24N2O2S. The molecule has 2 aliphatic rings. The fraction of sp³-hybridized carbons (Fsp3) is 0.857. The summed E-state index contributed by atoms with van der Waals surface area (Å²) in [4.78, 5) is 26.6. The van der Waals surface area contributed by atoms with Crippen LogP contribution < -0.4 is 5.32 Å². The van der Waals surface area contributed by atoms with Crippen molar-refractivity contribution in [3.05, 3.63) is 0 Å². The highest BCUT2D eigenvalue weighted by Gasteiger charge is 2.44. The molecule has 2 amide bonds. The lowest BCUT2D eigenvalue weighted by Crippen LogP contribution is -2.58. The highest BCUT2D eigenvalue weighted by Crippen LogP contribution is 2.31. The number of nitrogens with one attached hydrogen (secondary N) is 1. The van der Waals surface area contributed by atoms with E-state index in [9.17, 15) is 9.59 Å². The van der Waals surface area contributed by atoms with E-state index in [0.29, 0.717) is 13.0 Å². The van der Waals surface area contributed by atoms with E-state index in [-0.39, 0.29) is 11.8 Å². The molecular weight excluding hydrogens is 260 g/mol. The van der Waals surface area contributed by atoms with Gasteiger partial charge in [-0.3, -0.25) is 9.59 Å². The van der Waals surface area contributed by atoms with Crippen molar-refractivity contribution in [3.63, 3.8) is 0 Å². The number of hydrogen-bond donors (Lipinski definition) is 1. The van der Waals surface area contributed by atoms with Crippen molar-refractivity contribution < 1.29 is 9.59 Å². The van der Waals surface area contributed by atoms with Gasteiger partial charge in [0.05, 0.1) is 0 Å². The van der Waals surface area contributed by atoms with Crippen molar-refractivity contribution in [2.24, 2.45) is 0 Å². The molecule has 1 aliphatic heterocycles. The van der Waals surface area contributed by atoms with Crippen LogP contribution in [0.25, 0.3) is 0 Å². The second-order valence-electron chi connectivity index (χ2n) is 5.58. The summed E-state index contributed by atoms with van der Waals surface area (Å²) in [6.07, 6.45) is 8.45. The minimum Gasteiger partial charge on any atom is -0.342 e. The third-order valence-electron chi connectivity index (χ3n) is 4.17. The first-order chi connectivity index (χ1) is 9.18. The molecule has 1 spiro atoms. The van der Waals surface area contributed by atoms with Crippen LogP contribution in [-0.2, 0) is 9.59 Å². The van der Waals surface area contributed by atoms with E-state index in [1.54, 1.807) is 11.8 Å². The quantitative estimate of drug-likeness (QED) is 0.801. The molecule has 0 atom stereocenters. The highest BCUT2D eigenvalue weighted by molar-refractivity contribution is 7.98. The van der Waals surface area contributed by atoms with Crippen LogP contribution in [0.5, 0.6) is 0 Å². The van der Waals surface area contributed by atoms with Gasteiger partial charge in [-0.15, -0.1) is 0 Å². The maximum atomic E-state index is 12.8. The van der Waals surface area contributed by atoms with E-state index in [1.807, 2.05) is 4.90 Å². The smallest absolute Gasteiger partial charge is 0.248 e. The van der Waals surface area contributed by atoms with Gasteiger partial charge in [0.15, 0.2) is 0 Å². The van der Waals surface area contributed by atoms with E-state index in [4.69, 9.17) is 0 Å². The second-order valence-corrected chi connectivity index (χ2v) is 6.57. The number of carbonyl (C=O) groups excluding carboxylic acids is 2. The molecule has 1 aliphatic carbocycles. The van der Waals surface area contributed by atoms with Gasteiger partial charge in [-0.1, -0.05) is 19.3 Å². The Morgan fingerprint density at radius 1 is 1.26 bits per heavy atom. The van der Waals surface area contributed by atoms with Gasteiger partial charge in [-0.2, -0.15) is 11.8 Å². The molecule has 108 valence electrons. The van der Waals surface area contributed by atoms with Gasteiger partial charge in [-0.25, -0.2) is 0 Å². The fourth-order valence-corrected chi connectivity index (χ4v) is 3.55. The number of thioether (sulfide) groups is 1. The molecule has 0 aromatic heterocycles. The molecule has 0 radical (unpaired) electrons. The van der Waals surface area contributed by atoms with E-state index in [2.05, 4.69) is 11.6 Å². The van der Waals surface area contributed by atoms with E-state index < -0.39 is 5.54 Å². The Kier molecular flexibility index (Phi) is 5.13. The van der Waals surface area contributed by atoms with E-state index >= 15 is 0 Å². The first-order valence-electron chi connectivity index (χ1n) is 7.27. The molecule has 2 rings (SSSR count). The summed E-state index contributed by atoms with van der Waals surface area (Å²) in [5.74, 6) is 1.28. The number of hydrogen-bond acceptors (Lipinski definition) is 3. The van der Waals surface area contributed by atoms with Crippen LogP contribution in [0.2, 0.25) is 0 Å². The lowest BCUT2D eigenvalue weighted by Gasteiger charge is -2.38. The molecule has 1 saturated heterocycles. The van der Waals surface area contributed by atoms with Gasteiger partial charge in [0.1, 0.15) is 5.54 Å². The zero-order valence-electron chi connectivity index (χ0n) is 11.7. The molecule has 5 heteroatoms. The zero-order chi connectivity index (χ0) is 13.7. The van der Waals surface area contributed by atoms with E-state index in [1.165, 1.54) is 6.42 Å². The van der Waals surface area contributed by atoms with Gasteiger partial charge < -0.3 is 10.2 Å². The fourth-order valence-electron chi connectivity index (χ4n) is 3.13. The molecule has 1 N–H and O–H groups in total. The Morgan fingerprint density at radius 2 is 2.00 bits per heavy atom. The summed E-state index contributed by atoms with van der Waals surface area (Å²) in [7, 11) is 0. The molecule has 0 bridgehead atoms. The number of amides is 2. The van der Waals surface area contributed by atoms with Gasteiger partial charge in [0.25, 0.3) is 0 Å². The maximum absolute atomic E-state index is 12.8. The van der Waals surface area contributed by atoms with Crippen molar-refractivity contribution in [3.8, 4) is 0 Å². The SMILES string of the molecule is CSCCCN1CCC(=O)NC2(CCCCC2)C1=O. The summed E-state index contributed by atoms with van der Waals surface area (Å²) in [5, 5.41) is 3.03. The number of carbonyl (C=O) groups is 2. The Hall–Kier alpha value is -0.710. The topological polar surface area (TPSA) is 49.4 Å². The van der Waals surface area contributed by atoms with Gasteiger partial charge >= 0.3 is 0 Å². The first kappa shape index (κ1) is 14.7. The van der Waals surface area contributed by atoms with Crippen LogP contribution in [-0.4, -0.2) is 47.4 Å². The molecule has 0 aromatic carbocycles. The third-order valence-corrected chi connectivity index (χ3v) is 4.86. The summed E-state index contributed by atoms with van der Waals surface area (Å²) < 4.78 is 0. The Balaban J connectivity index is 2.08. The van der Waals surface area contributed by atoms with Crippen LogP contribution >= 0.6 is 11.8 Å². The Bertz CT molecular complexity index is 340. The second kappa shape index (κ2) is 6.64. The molecule has 4 nitrogen and oxygen atoms in total. The first-order valence-corrected chi connectivity index (χ1v) is 8.67. The lowest BCUT2D eigenvalue weighted by atomic mass is 9.80. The zero-order valence-corrected chi connectivity index (χ0v) is 12.6. The average molecular weight is 284 g/mol. The molecule has 0 unspecified atom stereocenters. The predicted molar refractivity (Wildman–Crippen MR) is 78.2 cm³/mol. The minimum atomic E-state index is -0.578. The third kappa shape index (κ3) is 3.44. The average Bonchev–Trinajstić information content (AvgIpc) is 2.52. The highest BCUT2D eigenvalue weighted by atomic mass is 32.2. The van der Waals surface area contributed by atoms with Crippen LogP contribution in [0.3, 0.4) is 0 Å². The monoisotopic (exact) mass is 284 g/mol. The number of nitrogens with zero attached hydrogens (tertiary/aromatic N) is 1. The van der Waals surface area contributed by atoms with Gasteiger partial charge in [0.2, 0.25) is 11.8 Å². The van der Waals surface area contributed by atoms with Crippen molar-refractivity contribution in [2.75, 3.05) is 25.1 Å². The minimum absolute atomic E-state index is 0.0441. The Morgan fingerprint density at radius 3 is 2.68 bits per heavy atom. The Labute approximate surface area is 119 Å². The normalized spacial score (nSPS) is 23.3. The summed E-state index contributed by atoms with van der Waals surface area (Å²) in [5.41, 5.74) is -0.578.